The number of carbonyl (C=O) groups excluding carboxylic acids is 1. The molecule has 0 unspecified atom stereocenters. The molecule has 22 heavy (non-hydrogen) atoms. The monoisotopic (exact) mass is 302 g/mol. The van der Waals surface area contributed by atoms with Crippen molar-refractivity contribution >= 4 is 11.5 Å². The van der Waals surface area contributed by atoms with Gasteiger partial charge in [0.2, 0.25) is 0 Å². The van der Waals surface area contributed by atoms with E-state index in [0.29, 0.717) is 12.3 Å². The van der Waals surface area contributed by atoms with Gasteiger partial charge in [-0.25, -0.2) is 0 Å². The molecule has 0 aromatic heterocycles. The summed E-state index contributed by atoms with van der Waals surface area (Å²) >= 11 is 0. The number of benzene rings is 1. The van der Waals surface area contributed by atoms with Gasteiger partial charge in [0.1, 0.15) is 5.78 Å². The molecule has 2 heterocycles. The quantitative estimate of drug-likeness (QED) is 0.853. The van der Waals surface area contributed by atoms with Crippen LogP contribution in [0.15, 0.2) is 24.3 Å². The minimum Gasteiger partial charge on any atom is -0.379 e. The van der Waals surface area contributed by atoms with E-state index in [2.05, 4.69) is 41.0 Å². The van der Waals surface area contributed by atoms with Crippen molar-refractivity contribution < 1.29 is 9.53 Å². The molecule has 0 bridgehead atoms. The Balaban J connectivity index is 1.49. The maximum atomic E-state index is 12.5. The summed E-state index contributed by atoms with van der Waals surface area (Å²) in [6.07, 6.45) is 1.97. The van der Waals surface area contributed by atoms with Crippen LogP contribution in [0, 0.1) is 12.8 Å². The van der Waals surface area contributed by atoms with Crippen LogP contribution >= 0.6 is 0 Å². The van der Waals surface area contributed by atoms with Crippen LogP contribution in [0.5, 0.6) is 0 Å². The molecule has 4 nitrogen and oxygen atoms in total. The van der Waals surface area contributed by atoms with E-state index in [1.54, 1.807) is 0 Å². The number of rotatable bonds is 4. The average molecular weight is 302 g/mol. The summed E-state index contributed by atoms with van der Waals surface area (Å²) in [5.41, 5.74) is 2.59. The predicted octanol–water partition coefficient (Wildman–Crippen LogP) is 2.11. The van der Waals surface area contributed by atoms with Gasteiger partial charge < -0.3 is 9.64 Å². The molecule has 0 N–H and O–H groups in total. The highest BCUT2D eigenvalue weighted by Gasteiger charge is 2.26. The summed E-state index contributed by atoms with van der Waals surface area (Å²) in [5, 5.41) is 0. The number of carbonyl (C=O) groups is 1. The molecule has 0 aliphatic carbocycles. The van der Waals surface area contributed by atoms with E-state index < -0.39 is 0 Å². The summed E-state index contributed by atoms with van der Waals surface area (Å²) in [4.78, 5) is 17.1. The van der Waals surface area contributed by atoms with Crippen LogP contribution in [0.2, 0.25) is 0 Å². The highest BCUT2D eigenvalue weighted by atomic mass is 16.5. The van der Waals surface area contributed by atoms with Crippen molar-refractivity contribution in [2.24, 2.45) is 5.92 Å². The van der Waals surface area contributed by atoms with Crippen LogP contribution in [0.3, 0.4) is 0 Å². The molecule has 2 aliphatic heterocycles. The van der Waals surface area contributed by atoms with Gasteiger partial charge in [-0.15, -0.1) is 0 Å². The Bertz CT molecular complexity index is 504. The standard InChI is InChI=1S/C18H26N2O2/c1-15-3-2-4-17(13-15)20-7-5-16(6-8-20)18(21)14-19-9-11-22-12-10-19/h2-4,13,16H,5-12,14H2,1H3. The van der Waals surface area contributed by atoms with Gasteiger partial charge in [0.15, 0.2) is 0 Å². The van der Waals surface area contributed by atoms with Gasteiger partial charge in [-0.1, -0.05) is 12.1 Å². The molecule has 2 aliphatic rings. The Hall–Kier alpha value is -1.39. The van der Waals surface area contributed by atoms with Crippen molar-refractivity contribution in [3.8, 4) is 0 Å². The van der Waals surface area contributed by atoms with Gasteiger partial charge in [0, 0.05) is 37.8 Å². The third kappa shape index (κ3) is 3.87. The first kappa shape index (κ1) is 15.5. The molecule has 2 saturated heterocycles. The summed E-state index contributed by atoms with van der Waals surface area (Å²) in [5.74, 6) is 0.662. The van der Waals surface area contributed by atoms with Gasteiger partial charge in [0.05, 0.1) is 19.8 Å². The minimum atomic E-state index is 0.240. The van der Waals surface area contributed by atoms with Gasteiger partial charge >= 0.3 is 0 Å². The fourth-order valence-electron chi connectivity index (χ4n) is 3.39. The SMILES string of the molecule is Cc1cccc(N2CCC(C(=O)CN3CCOCC3)CC2)c1. The molecular weight excluding hydrogens is 276 g/mol. The number of hydrogen-bond acceptors (Lipinski definition) is 4. The number of aryl methyl sites for hydroxylation is 1. The molecule has 0 atom stereocenters. The smallest absolute Gasteiger partial charge is 0.150 e. The normalized spacial score (nSPS) is 21.0. The predicted molar refractivity (Wildman–Crippen MR) is 88.4 cm³/mol. The zero-order valence-electron chi connectivity index (χ0n) is 13.5. The summed E-state index contributed by atoms with van der Waals surface area (Å²) in [7, 11) is 0. The average Bonchev–Trinajstić information content (AvgIpc) is 2.56. The van der Waals surface area contributed by atoms with E-state index in [0.717, 1.165) is 52.2 Å². The Morgan fingerprint density at radius 1 is 1.18 bits per heavy atom. The van der Waals surface area contributed by atoms with Gasteiger partial charge in [-0.05, 0) is 37.5 Å². The van der Waals surface area contributed by atoms with Crippen LogP contribution in [0.1, 0.15) is 18.4 Å². The van der Waals surface area contributed by atoms with E-state index in [9.17, 15) is 4.79 Å². The fraction of sp³-hybridized carbons (Fsp3) is 0.611. The third-order valence-electron chi connectivity index (χ3n) is 4.80. The molecule has 3 rings (SSSR count). The first-order valence-electron chi connectivity index (χ1n) is 8.37. The second-order valence-electron chi connectivity index (χ2n) is 6.46. The molecule has 2 fully saturated rings. The number of hydrogen-bond donors (Lipinski definition) is 0. The van der Waals surface area contributed by atoms with Crippen LogP contribution in [0.4, 0.5) is 5.69 Å². The largest absolute Gasteiger partial charge is 0.379 e. The van der Waals surface area contributed by atoms with Crippen LogP contribution < -0.4 is 4.90 Å². The fourth-order valence-corrected chi connectivity index (χ4v) is 3.39. The zero-order valence-corrected chi connectivity index (χ0v) is 13.5. The van der Waals surface area contributed by atoms with Crippen LogP contribution in [-0.4, -0.2) is 56.6 Å². The van der Waals surface area contributed by atoms with E-state index in [1.165, 1.54) is 11.3 Å². The Kier molecular flexibility index (Phi) is 5.11. The number of nitrogens with zero attached hydrogens (tertiary/aromatic N) is 2. The lowest BCUT2D eigenvalue weighted by atomic mass is 9.91. The second-order valence-corrected chi connectivity index (χ2v) is 6.46. The Morgan fingerprint density at radius 2 is 1.91 bits per heavy atom. The minimum absolute atomic E-state index is 0.240. The zero-order chi connectivity index (χ0) is 15.4. The Labute approximate surface area is 133 Å². The number of morpholine rings is 1. The Morgan fingerprint density at radius 3 is 2.59 bits per heavy atom. The molecule has 0 amide bonds. The summed E-state index contributed by atoms with van der Waals surface area (Å²) in [6, 6.07) is 8.64. The first-order valence-corrected chi connectivity index (χ1v) is 8.37. The number of anilines is 1. The molecule has 120 valence electrons. The van der Waals surface area contributed by atoms with Crippen LogP contribution in [0.25, 0.3) is 0 Å². The van der Waals surface area contributed by atoms with E-state index in [1.807, 2.05) is 0 Å². The molecule has 4 heteroatoms. The molecule has 0 spiro atoms. The lowest BCUT2D eigenvalue weighted by Gasteiger charge is -2.34. The van der Waals surface area contributed by atoms with Crippen molar-refractivity contribution in [1.29, 1.82) is 0 Å². The van der Waals surface area contributed by atoms with Gasteiger partial charge in [-0.3, -0.25) is 9.69 Å². The van der Waals surface area contributed by atoms with Gasteiger partial charge in [0.25, 0.3) is 0 Å². The van der Waals surface area contributed by atoms with E-state index in [-0.39, 0.29) is 5.92 Å². The molecular formula is C18H26N2O2. The van der Waals surface area contributed by atoms with Crippen molar-refractivity contribution in [3.63, 3.8) is 0 Å². The maximum absolute atomic E-state index is 12.5. The summed E-state index contributed by atoms with van der Waals surface area (Å²) < 4.78 is 5.34. The molecule has 0 radical (unpaired) electrons. The first-order chi connectivity index (χ1) is 10.7. The van der Waals surface area contributed by atoms with Crippen molar-refractivity contribution in [1.82, 2.24) is 4.90 Å². The number of ether oxygens (including phenoxy) is 1. The highest BCUT2D eigenvalue weighted by Crippen LogP contribution is 2.24. The van der Waals surface area contributed by atoms with Crippen molar-refractivity contribution in [2.45, 2.75) is 19.8 Å². The third-order valence-corrected chi connectivity index (χ3v) is 4.80. The molecule has 0 saturated carbocycles. The van der Waals surface area contributed by atoms with E-state index >= 15 is 0 Å². The highest BCUT2D eigenvalue weighted by molar-refractivity contribution is 5.83. The lowest BCUT2D eigenvalue weighted by molar-refractivity contribution is -0.125. The lowest BCUT2D eigenvalue weighted by Crippen LogP contribution is -2.43. The molecule has 1 aromatic rings. The molecule has 1 aromatic carbocycles. The number of piperidine rings is 1. The van der Waals surface area contributed by atoms with Gasteiger partial charge in [-0.2, -0.15) is 0 Å². The second kappa shape index (κ2) is 7.25. The van der Waals surface area contributed by atoms with Crippen molar-refractivity contribution in [2.75, 3.05) is 50.8 Å². The number of ketones is 1. The van der Waals surface area contributed by atoms with Crippen molar-refractivity contribution in [3.05, 3.63) is 29.8 Å². The van der Waals surface area contributed by atoms with Crippen LogP contribution in [-0.2, 0) is 9.53 Å². The summed E-state index contributed by atoms with van der Waals surface area (Å²) in [6.45, 7) is 8.03. The van der Waals surface area contributed by atoms with E-state index in [4.69, 9.17) is 4.74 Å². The number of Topliss-reactive ketones (excluding diaryl/α,β-unsaturated/α-hetero) is 1. The maximum Gasteiger partial charge on any atom is 0.150 e. The topological polar surface area (TPSA) is 32.8 Å².